The van der Waals surface area contributed by atoms with Gasteiger partial charge in [-0.25, -0.2) is 9.18 Å². The Morgan fingerprint density at radius 2 is 2.17 bits per heavy atom. The molecule has 0 aromatic heterocycles. The van der Waals surface area contributed by atoms with Gasteiger partial charge in [0.05, 0.1) is 23.6 Å². The molecule has 6 nitrogen and oxygen atoms in total. The minimum Gasteiger partial charge on any atom is -0.497 e. The van der Waals surface area contributed by atoms with Crippen LogP contribution in [0.4, 0.5) is 20.6 Å². The third kappa shape index (κ3) is 1.90. The average molecular weight is 253 g/mol. The van der Waals surface area contributed by atoms with Crippen LogP contribution in [-0.4, -0.2) is 29.3 Å². The molecule has 0 bridgehead atoms. The van der Waals surface area contributed by atoms with Crippen molar-refractivity contribution in [2.45, 2.75) is 0 Å². The summed E-state index contributed by atoms with van der Waals surface area (Å²) in [6.07, 6.45) is 0.0189. The van der Waals surface area contributed by atoms with Gasteiger partial charge >= 0.3 is 6.09 Å². The number of amides is 1. The summed E-state index contributed by atoms with van der Waals surface area (Å²) in [5, 5.41) is 9.04. The van der Waals surface area contributed by atoms with Gasteiger partial charge in [-0.2, -0.15) is 0 Å². The third-order valence-corrected chi connectivity index (χ3v) is 2.64. The number of ether oxygens (including phenoxy) is 1. The van der Waals surface area contributed by atoms with E-state index >= 15 is 0 Å². The number of carboxylic acid groups (broad SMARTS) is 1. The first-order valence-corrected chi connectivity index (χ1v) is 5.18. The van der Waals surface area contributed by atoms with Crippen LogP contribution in [-0.2, 0) is 4.74 Å². The zero-order valence-electron chi connectivity index (χ0n) is 9.39. The van der Waals surface area contributed by atoms with Crippen molar-refractivity contribution in [1.29, 1.82) is 0 Å². The maximum absolute atomic E-state index is 14.0. The Bertz CT molecular complexity index is 531. The highest BCUT2D eigenvalue weighted by Gasteiger charge is 2.25. The number of halogens is 1. The number of carbonyl (C=O) groups is 1. The van der Waals surface area contributed by atoms with Gasteiger partial charge in [0.2, 0.25) is 0 Å². The molecule has 0 radical (unpaired) electrons. The molecule has 0 aliphatic carbocycles. The maximum Gasteiger partial charge on any atom is 0.412 e. The zero-order valence-corrected chi connectivity index (χ0v) is 9.39. The Morgan fingerprint density at radius 3 is 2.83 bits per heavy atom. The van der Waals surface area contributed by atoms with E-state index in [1.54, 1.807) is 0 Å². The number of benzene rings is 1. The molecule has 96 valence electrons. The number of nitrogen functional groups attached to an aromatic ring is 2. The summed E-state index contributed by atoms with van der Waals surface area (Å²) in [6, 6.07) is 2.79. The molecule has 1 heterocycles. The van der Waals surface area contributed by atoms with E-state index in [0.29, 0.717) is 0 Å². The van der Waals surface area contributed by atoms with Crippen LogP contribution in [0, 0.1) is 5.82 Å². The van der Waals surface area contributed by atoms with E-state index in [1.807, 2.05) is 0 Å². The fourth-order valence-corrected chi connectivity index (χ4v) is 1.68. The first kappa shape index (κ1) is 12.0. The summed E-state index contributed by atoms with van der Waals surface area (Å²) < 4.78 is 19.0. The predicted octanol–water partition coefficient (Wildman–Crippen LogP) is 1.30. The first-order valence-electron chi connectivity index (χ1n) is 5.18. The topological polar surface area (TPSA) is 102 Å². The largest absolute Gasteiger partial charge is 0.497 e. The molecule has 1 aliphatic heterocycles. The lowest BCUT2D eigenvalue weighted by Gasteiger charge is -2.26. The van der Waals surface area contributed by atoms with Gasteiger partial charge in [-0.05, 0) is 12.1 Å². The Hall–Kier alpha value is -2.44. The Labute approximate surface area is 102 Å². The minimum atomic E-state index is -1.18. The van der Waals surface area contributed by atoms with Crippen molar-refractivity contribution in [3.05, 3.63) is 29.8 Å². The molecule has 0 atom stereocenters. The first-order chi connectivity index (χ1) is 8.52. The normalized spacial score (nSPS) is 14.9. The van der Waals surface area contributed by atoms with Crippen molar-refractivity contribution in [1.82, 2.24) is 4.90 Å². The van der Waals surface area contributed by atoms with Gasteiger partial charge in [0, 0.05) is 5.56 Å². The summed E-state index contributed by atoms with van der Waals surface area (Å²) >= 11 is 0. The molecule has 0 fully saturated rings. The van der Waals surface area contributed by atoms with Gasteiger partial charge in [0.1, 0.15) is 12.9 Å². The molecule has 18 heavy (non-hydrogen) atoms. The summed E-state index contributed by atoms with van der Waals surface area (Å²) in [5.41, 5.74) is 11.0. The van der Waals surface area contributed by atoms with Crippen LogP contribution in [0.2, 0.25) is 0 Å². The van der Waals surface area contributed by atoms with Gasteiger partial charge in [-0.15, -0.1) is 0 Å². The van der Waals surface area contributed by atoms with Crippen LogP contribution in [0.15, 0.2) is 18.4 Å². The van der Waals surface area contributed by atoms with E-state index in [9.17, 15) is 9.18 Å². The number of nitrogens with two attached hydrogens (primary N) is 2. The quantitative estimate of drug-likeness (QED) is 0.655. The molecule has 1 aromatic rings. The van der Waals surface area contributed by atoms with E-state index in [1.165, 1.54) is 18.4 Å². The molecule has 0 unspecified atom stereocenters. The van der Waals surface area contributed by atoms with Crippen molar-refractivity contribution in [2.75, 3.05) is 24.6 Å². The number of nitrogens with zero attached hydrogens (tertiary/aromatic N) is 1. The Kier molecular flexibility index (Phi) is 2.97. The second-order valence-electron chi connectivity index (χ2n) is 3.74. The smallest absolute Gasteiger partial charge is 0.412 e. The van der Waals surface area contributed by atoms with Gasteiger partial charge in [0.25, 0.3) is 0 Å². The molecule has 0 saturated heterocycles. The summed E-state index contributed by atoms with van der Waals surface area (Å²) in [4.78, 5) is 12.0. The fraction of sp³-hybridized carbons (Fsp3) is 0.182. The van der Waals surface area contributed by atoms with Crippen LogP contribution < -0.4 is 11.5 Å². The van der Waals surface area contributed by atoms with Crippen molar-refractivity contribution >= 4 is 23.2 Å². The highest BCUT2D eigenvalue weighted by Crippen LogP contribution is 2.30. The standard InChI is InChI=1S/C11H12FN3O3/c12-9-6(1-2-7(13)10(9)14)8-5-18-4-3-15(8)11(16)17/h1-2,5H,3-4,13-14H2,(H,16,17). The van der Waals surface area contributed by atoms with E-state index in [0.717, 1.165) is 4.90 Å². The van der Waals surface area contributed by atoms with Crippen molar-refractivity contribution in [2.24, 2.45) is 0 Å². The Morgan fingerprint density at radius 1 is 1.44 bits per heavy atom. The number of hydrogen-bond acceptors (Lipinski definition) is 4. The highest BCUT2D eigenvalue weighted by atomic mass is 19.1. The summed E-state index contributed by atoms with van der Waals surface area (Å²) in [5.74, 6) is -0.752. The SMILES string of the molecule is Nc1ccc(C2=COCCN2C(=O)O)c(F)c1N. The average Bonchev–Trinajstić information content (AvgIpc) is 2.36. The van der Waals surface area contributed by atoms with E-state index < -0.39 is 11.9 Å². The molecule has 7 heteroatoms. The fourth-order valence-electron chi connectivity index (χ4n) is 1.68. The van der Waals surface area contributed by atoms with Crippen molar-refractivity contribution in [3.63, 3.8) is 0 Å². The van der Waals surface area contributed by atoms with Crippen molar-refractivity contribution in [3.8, 4) is 0 Å². The lowest BCUT2D eigenvalue weighted by molar-refractivity contribution is 0.139. The van der Waals surface area contributed by atoms with Crippen LogP contribution in [0.1, 0.15) is 5.56 Å². The van der Waals surface area contributed by atoms with Gasteiger partial charge in [0.15, 0.2) is 5.82 Å². The molecule has 1 aromatic carbocycles. The predicted molar refractivity (Wildman–Crippen MR) is 63.9 cm³/mol. The molecule has 0 saturated carbocycles. The van der Waals surface area contributed by atoms with Crippen LogP contribution in [0.3, 0.4) is 0 Å². The second-order valence-corrected chi connectivity index (χ2v) is 3.74. The minimum absolute atomic E-state index is 0.0452. The summed E-state index contributed by atoms with van der Waals surface area (Å²) in [7, 11) is 0. The molecule has 5 N–H and O–H groups in total. The number of hydrogen-bond donors (Lipinski definition) is 3. The lowest BCUT2D eigenvalue weighted by atomic mass is 10.1. The Balaban J connectivity index is 2.50. The molecule has 2 rings (SSSR count). The molecular weight excluding hydrogens is 241 g/mol. The summed E-state index contributed by atoms with van der Waals surface area (Å²) in [6.45, 7) is 0.354. The van der Waals surface area contributed by atoms with Gasteiger partial charge in [-0.1, -0.05) is 0 Å². The van der Waals surface area contributed by atoms with Gasteiger partial charge in [-0.3, -0.25) is 4.90 Å². The van der Waals surface area contributed by atoms with E-state index in [-0.39, 0.29) is 35.8 Å². The lowest BCUT2D eigenvalue weighted by Crippen LogP contribution is -2.34. The van der Waals surface area contributed by atoms with E-state index in [4.69, 9.17) is 21.3 Å². The zero-order chi connectivity index (χ0) is 13.3. The van der Waals surface area contributed by atoms with Crippen LogP contribution in [0.5, 0.6) is 0 Å². The number of anilines is 2. The molecule has 1 aliphatic rings. The van der Waals surface area contributed by atoms with Crippen LogP contribution in [0.25, 0.3) is 5.70 Å². The third-order valence-electron chi connectivity index (χ3n) is 2.64. The van der Waals surface area contributed by atoms with Crippen molar-refractivity contribution < 1.29 is 19.0 Å². The van der Waals surface area contributed by atoms with Crippen LogP contribution >= 0.6 is 0 Å². The number of rotatable bonds is 1. The molecule has 0 spiro atoms. The highest BCUT2D eigenvalue weighted by molar-refractivity contribution is 5.83. The molecular formula is C11H12FN3O3. The maximum atomic E-state index is 14.0. The molecule has 1 amide bonds. The second kappa shape index (κ2) is 4.44. The van der Waals surface area contributed by atoms with E-state index in [2.05, 4.69) is 0 Å². The monoisotopic (exact) mass is 253 g/mol. The van der Waals surface area contributed by atoms with Gasteiger partial charge < -0.3 is 21.3 Å².